The Kier molecular flexibility index (Phi) is 7.18. The maximum atomic E-state index is 13.0. The summed E-state index contributed by atoms with van der Waals surface area (Å²) in [7, 11) is 2.98. The number of carbonyl (C=O) groups is 2. The van der Waals surface area contributed by atoms with Gasteiger partial charge in [0, 0.05) is 30.3 Å². The van der Waals surface area contributed by atoms with Crippen LogP contribution >= 0.6 is 11.6 Å². The first kappa shape index (κ1) is 23.7. The molecule has 2 aromatic carbocycles. The van der Waals surface area contributed by atoms with E-state index in [-0.39, 0.29) is 11.6 Å². The predicted octanol–water partition coefficient (Wildman–Crippen LogP) is 4.87. The number of hydrogen-bond donors (Lipinski definition) is 1. The van der Waals surface area contributed by atoms with Crippen molar-refractivity contribution in [3.8, 4) is 11.5 Å². The average molecular weight is 471 g/mol. The van der Waals surface area contributed by atoms with E-state index < -0.39 is 28.6 Å². The molecule has 1 aliphatic rings. The van der Waals surface area contributed by atoms with Gasteiger partial charge in [-0.2, -0.15) is 13.2 Å². The van der Waals surface area contributed by atoms with Crippen molar-refractivity contribution in [2.45, 2.75) is 19.0 Å². The first-order valence-electron chi connectivity index (χ1n) is 9.83. The van der Waals surface area contributed by atoms with Gasteiger partial charge >= 0.3 is 6.18 Å². The quantitative estimate of drug-likeness (QED) is 0.677. The van der Waals surface area contributed by atoms with Gasteiger partial charge < -0.3 is 19.7 Å². The molecule has 0 radical (unpaired) electrons. The minimum absolute atomic E-state index is 0.0237. The van der Waals surface area contributed by atoms with Crippen molar-refractivity contribution in [3.05, 3.63) is 52.5 Å². The Morgan fingerprint density at radius 2 is 1.69 bits per heavy atom. The molecular formula is C22H22ClF3N2O4. The monoisotopic (exact) mass is 470 g/mol. The number of amides is 2. The second kappa shape index (κ2) is 9.68. The zero-order chi connectivity index (χ0) is 23.5. The zero-order valence-electron chi connectivity index (χ0n) is 17.5. The Morgan fingerprint density at radius 1 is 1.03 bits per heavy atom. The number of halogens is 4. The van der Waals surface area contributed by atoms with Crippen LogP contribution in [-0.2, 0) is 11.0 Å². The highest BCUT2D eigenvalue weighted by Crippen LogP contribution is 2.36. The Hall–Kier alpha value is -2.94. The number of anilines is 1. The van der Waals surface area contributed by atoms with Gasteiger partial charge in [-0.15, -0.1) is 0 Å². The number of rotatable bonds is 5. The van der Waals surface area contributed by atoms with E-state index in [9.17, 15) is 22.8 Å². The van der Waals surface area contributed by atoms with Crippen molar-refractivity contribution in [2.75, 3.05) is 32.6 Å². The molecule has 0 unspecified atom stereocenters. The number of nitrogens with one attached hydrogen (secondary N) is 1. The van der Waals surface area contributed by atoms with E-state index in [2.05, 4.69) is 5.32 Å². The second-order valence-electron chi connectivity index (χ2n) is 7.32. The number of ether oxygens (including phenoxy) is 2. The van der Waals surface area contributed by atoms with E-state index in [4.69, 9.17) is 21.1 Å². The summed E-state index contributed by atoms with van der Waals surface area (Å²) in [6.07, 6.45) is -3.83. The van der Waals surface area contributed by atoms with Crippen LogP contribution in [0.5, 0.6) is 11.5 Å². The number of likely N-dealkylation sites (tertiary alicyclic amines) is 1. The maximum absolute atomic E-state index is 13.0. The summed E-state index contributed by atoms with van der Waals surface area (Å²) in [6.45, 7) is 0.694. The molecule has 0 aliphatic carbocycles. The minimum atomic E-state index is -4.62. The molecule has 1 N–H and O–H groups in total. The number of benzene rings is 2. The third-order valence-corrected chi connectivity index (χ3v) is 5.65. The van der Waals surface area contributed by atoms with Gasteiger partial charge in [0.1, 0.15) is 0 Å². The molecule has 2 aromatic rings. The summed E-state index contributed by atoms with van der Waals surface area (Å²) in [4.78, 5) is 27.0. The van der Waals surface area contributed by atoms with Gasteiger partial charge in [-0.1, -0.05) is 11.6 Å². The zero-order valence-corrected chi connectivity index (χ0v) is 18.2. The van der Waals surface area contributed by atoms with Gasteiger partial charge in [0.2, 0.25) is 5.91 Å². The lowest BCUT2D eigenvalue weighted by molar-refractivity contribution is -0.137. The number of piperidine rings is 1. The fourth-order valence-corrected chi connectivity index (χ4v) is 3.79. The van der Waals surface area contributed by atoms with Crippen LogP contribution < -0.4 is 14.8 Å². The highest BCUT2D eigenvalue weighted by atomic mass is 35.5. The molecule has 10 heteroatoms. The van der Waals surface area contributed by atoms with Crippen molar-refractivity contribution >= 4 is 29.1 Å². The Labute approximate surface area is 188 Å². The van der Waals surface area contributed by atoms with E-state index in [1.54, 1.807) is 23.1 Å². The van der Waals surface area contributed by atoms with Crippen molar-refractivity contribution in [2.24, 2.45) is 5.92 Å². The van der Waals surface area contributed by atoms with Gasteiger partial charge in [-0.05, 0) is 49.2 Å². The number of nitrogens with zero attached hydrogens (tertiary/aromatic N) is 1. The number of alkyl halides is 3. The molecule has 172 valence electrons. The fourth-order valence-electron chi connectivity index (χ4n) is 3.56. The van der Waals surface area contributed by atoms with Crippen LogP contribution in [0.3, 0.4) is 0 Å². The standard InChI is InChI=1S/C22H22ClF3N2O4/c1-31-18-6-3-14(11-19(18)32-2)21(30)28-9-7-13(8-10-28)20(29)27-15-4-5-17(23)16(12-15)22(24,25)26/h3-6,11-13H,7-10H2,1-2H3,(H,27,29). The van der Waals surface area contributed by atoms with Gasteiger partial charge in [0.05, 0.1) is 24.8 Å². The van der Waals surface area contributed by atoms with E-state index in [1.165, 1.54) is 20.3 Å². The smallest absolute Gasteiger partial charge is 0.417 e. The van der Waals surface area contributed by atoms with Crippen LogP contribution in [0.2, 0.25) is 5.02 Å². The third kappa shape index (κ3) is 5.27. The molecule has 0 atom stereocenters. The number of hydrogen-bond acceptors (Lipinski definition) is 4. The van der Waals surface area contributed by atoms with Crippen molar-refractivity contribution in [1.82, 2.24) is 4.90 Å². The number of methoxy groups -OCH3 is 2. The predicted molar refractivity (Wildman–Crippen MR) is 113 cm³/mol. The van der Waals surface area contributed by atoms with Crippen molar-refractivity contribution in [1.29, 1.82) is 0 Å². The van der Waals surface area contributed by atoms with Gasteiger partial charge in [0.25, 0.3) is 5.91 Å². The molecule has 1 fully saturated rings. The fraction of sp³-hybridized carbons (Fsp3) is 0.364. The molecule has 32 heavy (non-hydrogen) atoms. The summed E-state index contributed by atoms with van der Waals surface area (Å²) in [5.74, 6) is -0.0606. The first-order chi connectivity index (χ1) is 15.1. The lowest BCUT2D eigenvalue weighted by Crippen LogP contribution is -2.41. The third-order valence-electron chi connectivity index (χ3n) is 5.32. The summed E-state index contributed by atoms with van der Waals surface area (Å²) < 4.78 is 49.5. The van der Waals surface area contributed by atoms with Crippen LogP contribution in [0, 0.1) is 5.92 Å². The Morgan fingerprint density at radius 3 is 2.28 bits per heavy atom. The Balaban J connectivity index is 1.61. The molecule has 0 bridgehead atoms. The van der Waals surface area contributed by atoms with E-state index in [0.717, 1.165) is 12.1 Å². The molecule has 1 heterocycles. The largest absolute Gasteiger partial charge is 0.493 e. The van der Waals surface area contributed by atoms with E-state index >= 15 is 0 Å². The highest BCUT2D eigenvalue weighted by molar-refractivity contribution is 6.31. The van der Waals surface area contributed by atoms with E-state index in [1.807, 2.05) is 0 Å². The lowest BCUT2D eigenvalue weighted by Gasteiger charge is -2.31. The molecular weight excluding hydrogens is 449 g/mol. The highest BCUT2D eigenvalue weighted by Gasteiger charge is 2.34. The lowest BCUT2D eigenvalue weighted by atomic mass is 9.95. The normalized spacial score (nSPS) is 14.8. The topological polar surface area (TPSA) is 67.9 Å². The van der Waals surface area contributed by atoms with Crippen molar-refractivity contribution in [3.63, 3.8) is 0 Å². The molecule has 3 rings (SSSR count). The molecule has 0 spiro atoms. The molecule has 0 saturated carbocycles. The molecule has 2 amide bonds. The molecule has 0 aromatic heterocycles. The van der Waals surface area contributed by atoms with Gasteiger partial charge in [-0.3, -0.25) is 9.59 Å². The minimum Gasteiger partial charge on any atom is -0.493 e. The maximum Gasteiger partial charge on any atom is 0.417 e. The van der Waals surface area contributed by atoms with Crippen LogP contribution in [-0.4, -0.2) is 44.0 Å². The van der Waals surface area contributed by atoms with Gasteiger partial charge in [0.15, 0.2) is 11.5 Å². The first-order valence-corrected chi connectivity index (χ1v) is 10.2. The molecule has 6 nitrogen and oxygen atoms in total. The van der Waals surface area contributed by atoms with Crippen molar-refractivity contribution < 1.29 is 32.2 Å². The van der Waals surface area contributed by atoms with Crippen LogP contribution in [0.25, 0.3) is 0 Å². The summed E-state index contributed by atoms with van der Waals surface area (Å²) in [5.41, 5.74) is -0.547. The van der Waals surface area contributed by atoms with Crippen LogP contribution in [0.1, 0.15) is 28.8 Å². The van der Waals surface area contributed by atoms with Crippen LogP contribution in [0.15, 0.2) is 36.4 Å². The SMILES string of the molecule is COc1ccc(C(=O)N2CCC(C(=O)Nc3ccc(Cl)c(C(F)(F)F)c3)CC2)cc1OC. The number of carbonyl (C=O) groups excluding carboxylic acids is 2. The summed E-state index contributed by atoms with van der Waals surface area (Å²) in [5, 5.41) is 2.09. The van der Waals surface area contributed by atoms with E-state index in [0.29, 0.717) is 43.0 Å². The molecule has 1 aliphatic heterocycles. The summed E-state index contributed by atoms with van der Waals surface area (Å²) >= 11 is 5.61. The summed E-state index contributed by atoms with van der Waals surface area (Å²) in [6, 6.07) is 8.12. The average Bonchev–Trinajstić information content (AvgIpc) is 2.78. The van der Waals surface area contributed by atoms with Gasteiger partial charge in [-0.25, -0.2) is 0 Å². The second-order valence-corrected chi connectivity index (χ2v) is 7.73. The van der Waals surface area contributed by atoms with Crippen LogP contribution in [0.4, 0.5) is 18.9 Å². The Bertz CT molecular complexity index is 1010. The molecule has 1 saturated heterocycles.